The second-order valence-corrected chi connectivity index (χ2v) is 5.27. The topological polar surface area (TPSA) is 26.3 Å². The van der Waals surface area contributed by atoms with Crippen LogP contribution in [0, 0.1) is 13.8 Å². The van der Waals surface area contributed by atoms with Crippen molar-refractivity contribution >= 4 is 5.78 Å². The van der Waals surface area contributed by atoms with Gasteiger partial charge in [0.05, 0.1) is 6.10 Å². The predicted molar refractivity (Wildman–Crippen MR) is 73.1 cm³/mol. The number of carbonyl (C=O) groups excluding carboxylic acids is 1. The summed E-state index contributed by atoms with van der Waals surface area (Å²) in [5.74, 6) is 0.269. The second-order valence-electron chi connectivity index (χ2n) is 5.27. The summed E-state index contributed by atoms with van der Waals surface area (Å²) in [5, 5.41) is 0. The summed E-state index contributed by atoms with van der Waals surface area (Å²) in [6, 6.07) is 6.05. The fraction of sp³-hybridized carbons (Fsp3) is 0.562. The molecule has 1 aliphatic heterocycles. The van der Waals surface area contributed by atoms with Gasteiger partial charge in [0.1, 0.15) is 0 Å². The van der Waals surface area contributed by atoms with Crippen molar-refractivity contribution in [2.45, 2.75) is 52.1 Å². The Bertz CT molecular complexity index is 417. The van der Waals surface area contributed by atoms with Crippen LogP contribution in [0.3, 0.4) is 0 Å². The van der Waals surface area contributed by atoms with Gasteiger partial charge in [0, 0.05) is 18.6 Å². The molecule has 1 atom stereocenters. The number of carbonyl (C=O) groups is 1. The molecular formula is C16H22O2. The minimum Gasteiger partial charge on any atom is -0.378 e. The van der Waals surface area contributed by atoms with Crippen molar-refractivity contribution in [2.24, 2.45) is 0 Å². The van der Waals surface area contributed by atoms with E-state index in [0.717, 1.165) is 37.0 Å². The summed E-state index contributed by atoms with van der Waals surface area (Å²) in [7, 11) is 0. The van der Waals surface area contributed by atoms with Crippen LogP contribution in [-0.2, 0) is 4.74 Å². The van der Waals surface area contributed by atoms with E-state index in [1.807, 2.05) is 19.1 Å². The highest BCUT2D eigenvalue weighted by Crippen LogP contribution is 2.19. The lowest BCUT2D eigenvalue weighted by Crippen LogP contribution is -2.07. The zero-order valence-electron chi connectivity index (χ0n) is 11.4. The zero-order chi connectivity index (χ0) is 13.0. The highest BCUT2D eigenvalue weighted by atomic mass is 16.5. The van der Waals surface area contributed by atoms with Gasteiger partial charge in [-0.2, -0.15) is 0 Å². The summed E-state index contributed by atoms with van der Waals surface area (Å²) in [6.07, 6.45) is 5.35. The average Bonchev–Trinajstić information content (AvgIpc) is 2.81. The first-order valence-corrected chi connectivity index (χ1v) is 6.89. The lowest BCUT2D eigenvalue weighted by atomic mass is 9.98. The predicted octanol–water partition coefficient (Wildman–Crippen LogP) is 3.84. The van der Waals surface area contributed by atoms with Gasteiger partial charge >= 0.3 is 0 Å². The first-order valence-electron chi connectivity index (χ1n) is 6.89. The summed E-state index contributed by atoms with van der Waals surface area (Å²) < 4.78 is 5.57. The Hall–Kier alpha value is -1.15. The summed E-state index contributed by atoms with van der Waals surface area (Å²) >= 11 is 0. The van der Waals surface area contributed by atoms with Crippen molar-refractivity contribution in [1.29, 1.82) is 0 Å². The van der Waals surface area contributed by atoms with Crippen LogP contribution < -0.4 is 0 Å². The van der Waals surface area contributed by atoms with Gasteiger partial charge in [0.25, 0.3) is 0 Å². The third-order valence-corrected chi connectivity index (χ3v) is 3.64. The molecule has 0 saturated carbocycles. The maximum absolute atomic E-state index is 12.1. The van der Waals surface area contributed by atoms with Crippen LogP contribution in [0.25, 0.3) is 0 Å². The molecule has 98 valence electrons. The Balaban J connectivity index is 1.83. The molecule has 1 fully saturated rings. The first kappa shape index (κ1) is 13.3. The molecule has 2 heteroatoms. The highest BCUT2D eigenvalue weighted by molar-refractivity contribution is 5.97. The van der Waals surface area contributed by atoms with Crippen molar-refractivity contribution in [3.63, 3.8) is 0 Å². The molecule has 1 unspecified atom stereocenters. The van der Waals surface area contributed by atoms with E-state index in [0.29, 0.717) is 12.5 Å². The zero-order valence-corrected chi connectivity index (χ0v) is 11.4. The van der Waals surface area contributed by atoms with Crippen molar-refractivity contribution in [3.05, 3.63) is 34.9 Å². The quantitative estimate of drug-likeness (QED) is 0.738. The largest absolute Gasteiger partial charge is 0.378 e. The van der Waals surface area contributed by atoms with Gasteiger partial charge in [0.2, 0.25) is 0 Å². The van der Waals surface area contributed by atoms with E-state index < -0.39 is 0 Å². The standard InChI is InChI=1S/C16H22O2/c1-12-8-9-15(13(2)11-12)16(17)7-3-5-14-6-4-10-18-14/h8-9,11,14H,3-7,10H2,1-2H3. The highest BCUT2D eigenvalue weighted by Gasteiger charge is 2.16. The van der Waals surface area contributed by atoms with Crippen molar-refractivity contribution in [3.8, 4) is 0 Å². The molecule has 0 spiro atoms. The number of ketones is 1. The van der Waals surface area contributed by atoms with E-state index in [-0.39, 0.29) is 5.78 Å². The van der Waals surface area contributed by atoms with Crippen molar-refractivity contribution < 1.29 is 9.53 Å². The van der Waals surface area contributed by atoms with Crippen LogP contribution in [0.5, 0.6) is 0 Å². The lowest BCUT2D eigenvalue weighted by Gasteiger charge is -2.09. The molecule has 1 aliphatic rings. The molecule has 18 heavy (non-hydrogen) atoms. The molecule has 0 amide bonds. The summed E-state index contributed by atoms with van der Waals surface area (Å²) in [5.41, 5.74) is 3.19. The molecule has 2 rings (SSSR count). The maximum Gasteiger partial charge on any atom is 0.163 e. The van der Waals surface area contributed by atoms with Crippen LogP contribution in [0.1, 0.15) is 53.6 Å². The number of Topliss-reactive ketones (excluding diaryl/α,β-unsaturated/α-hetero) is 1. The number of hydrogen-bond acceptors (Lipinski definition) is 2. The van der Waals surface area contributed by atoms with Gasteiger partial charge in [-0.3, -0.25) is 4.79 Å². The molecule has 0 radical (unpaired) electrons. The number of rotatable bonds is 5. The SMILES string of the molecule is Cc1ccc(C(=O)CCCC2CCCO2)c(C)c1. The van der Waals surface area contributed by atoms with E-state index in [4.69, 9.17) is 4.74 Å². The molecule has 0 N–H and O–H groups in total. The van der Waals surface area contributed by atoms with E-state index >= 15 is 0 Å². The minimum atomic E-state index is 0.269. The monoisotopic (exact) mass is 246 g/mol. The van der Waals surface area contributed by atoms with E-state index in [1.54, 1.807) is 0 Å². The third kappa shape index (κ3) is 3.42. The summed E-state index contributed by atoms with van der Waals surface area (Å²) in [6.45, 7) is 4.97. The molecule has 2 nitrogen and oxygen atoms in total. The van der Waals surface area contributed by atoms with Gasteiger partial charge in [-0.15, -0.1) is 0 Å². The smallest absolute Gasteiger partial charge is 0.163 e. The molecule has 1 heterocycles. The Kier molecular flexibility index (Phi) is 4.54. The summed E-state index contributed by atoms with van der Waals surface area (Å²) in [4.78, 5) is 12.1. The molecule has 0 bridgehead atoms. The molecule has 1 aromatic carbocycles. The van der Waals surface area contributed by atoms with Crippen LogP contribution in [0.15, 0.2) is 18.2 Å². The normalized spacial score (nSPS) is 19.1. The molecule has 1 aromatic rings. The number of aryl methyl sites for hydroxylation is 2. The number of ether oxygens (including phenoxy) is 1. The van der Waals surface area contributed by atoms with Gasteiger partial charge < -0.3 is 4.74 Å². The van der Waals surface area contributed by atoms with Crippen LogP contribution >= 0.6 is 0 Å². The second kappa shape index (κ2) is 6.14. The Morgan fingerprint density at radius 1 is 1.39 bits per heavy atom. The Morgan fingerprint density at radius 2 is 2.22 bits per heavy atom. The van der Waals surface area contributed by atoms with Gasteiger partial charge in [-0.1, -0.05) is 23.8 Å². The van der Waals surface area contributed by atoms with Crippen LogP contribution in [0.4, 0.5) is 0 Å². The average molecular weight is 246 g/mol. The van der Waals surface area contributed by atoms with Gasteiger partial charge in [-0.25, -0.2) is 0 Å². The molecule has 0 aromatic heterocycles. The minimum absolute atomic E-state index is 0.269. The van der Waals surface area contributed by atoms with Crippen molar-refractivity contribution in [1.82, 2.24) is 0 Å². The first-order chi connectivity index (χ1) is 8.66. The Labute approximate surface area is 109 Å². The maximum atomic E-state index is 12.1. The van der Waals surface area contributed by atoms with Crippen LogP contribution in [0.2, 0.25) is 0 Å². The van der Waals surface area contributed by atoms with E-state index in [2.05, 4.69) is 13.0 Å². The lowest BCUT2D eigenvalue weighted by molar-refractivity contribution is 0.0922. The number of benzene rings is 1. The molecule has 1 saturated heterocycles. The fourth-order valence-electron chi connectivity index (χ4n) is 2.62. The fourth-order valence-corrected chi connectivity index (χ4v) is 2.62. The molecule has 0 aliphatic carbocycles. The third-order valence-electron chi connectivity index (χ3n) is 3.64. The van der Waals surface area contributed by atoms with Crippen molar-refractivity contribution in [2.75, 3.05) is 6.61 Å². The number of hydrogen-bond donors (Lipinski definition) is 0. The molecular weight excluding hydrogens is 224 g/mol. The van der Waals surface area contributed by atoms with Crippen LogP contribution in [-0.4, -0.2) is 18.5 Å². The Morgan fingerprint density at radius 3 is 2.89 bits per heavy atom. The van der Waals surface area contributed by atoms with Gasteiger partial charge in [0.15, 0.2) is 5.78 Å². The van der Waals surface area contributed by atoms with E-state index in [1.165, 1.54) is 12.0 Å². The van der Waals surface area contributed by atoms with Gasteiger partial charge in [-0.05, 0) is 45.1 Å². The van der Waals surface area contributed by atoms with E-state index in [9.17, 15) is 4.79 Å².